The zero-order valence-electron chi connectivity index (χ0n) is 11.2. The van der Waals surface area contributed by atoms with Gasteiger partial charge in [-0.05, 0) is 25.0 Å². The van der Waals surface area contributed by atoms with E-state index < -0.39 is 10.2 Å². The first-order chi connectivity index (χ1) is 9.65. The third kappa shape index (κ3) is 2.78. The molecule has 1 aliphatic rings. The van der Waals surface area contributed by atoms with Gasteiger partial charge in [0.15, 0.2) is 0 Å². The summed E-state index contributed by atoms with van der Waals surface area (Å²) >= 11 is 0. The lowest BCUT2D eigenvalue weighted by molar-refractivity contribution is 0.427. The van der Waals surface area contributed by atoms with Crippen LogP contribution in [0.15, 0.2) is 24.3 Å². The van der Waals surface area contributed by atoms with E-state index >= 15 is 0 Å². The summed E-state index contributed by atoms with van der Waals surface area (Å²) in [6.07, 6.45) is 4.02. The molecule has 1 aliphatic heterocycles. The van der Waals surface area contributed by atoms with Crippen LogP contribution >= 0.6 is 0 Å². The van der Waals surface area contributed by atoms with E-state index in [-0.39, 0.29) is 5.95 Å². The Morgan fingerprint density at radius 3 is 2.50 bits per heavy atom. The molecule has 0 saturated carbocycles. The molecule has 0 amide bonds. The summed E-state index contributed by atoms with van der Waals surface area (Å²) in [7, 11) is -3.52. The zero-order valence-corrected chi connectivity index (χ0v) is 12.0. The van der Waals surface area contributed by atoms with Gasteiger partial charge in [-0.3, -0.25) is 0 Å². The number of nitrogens with zero attached hydrogens (tertiary/aromatic N) is 2. The van der Waals surface area contributed by atoms with Gasteiger partial charge in [-0.2, -0.15) is 12.7 Å². The maximum Gasteiger partial charge on any atom is 0.303 e. The van der Waals surface area contributed by atoms with Crippen LogP contribution < -0.4 is 4.72 Å². The van der Waals surface area contributed by atoms with E-state index in [9.17, 15) is 8.42 Å². The van der Waals surface area contributed by atoms with Crippen LogP contribution in [0.3, 0.4) is 0 Å². The Bertz CT molecular complexity index is 654. The highest BCUT2D eigenvalue weighted by atomic mass is 32.2. The number of imidazole rings is 1. The highest BCUT2D eigenvalue weighted by Gasteiger charge is 2.23. The lowest BCUT2D eigenvalue weighted by Gasteiger charge is -2.19. The van der Waals surface area contributed by atoms with E-state index in [2.05, 4.69) is 14.7 Å². The molecular weight excluding hydrogens is 276 g/mol. The Balaban J connectivity index is 1.81. The van der Waals surface area contributed by atoms with E-state index in [0.717, 1.165) is 36.7 Å². The van der Waals surface area contributed by atoms with Crippen molar-refractivity contribution in [3.8, 4) is 0 Å². The number of aromatic nitrogens is 2. The first-order valence-corrected chi connectivity index (χ1v) is 8.32. The molecule has 108 valence electrons. The van der Waals surface area contributed by atoms with Crippen molar-refractivity contribution >= 4 is 27.2 Å². The third-order valence-electron chi connectivity index (χ3n) is 3.52. The number of rotatable bonds is 3. The molecule has 6 nitrogen and oxygen atoms in total. The molecule has 1 aromatic carbocycles. The maximum atomic E-state index is 12.3. The van der Waals surface area contributed by atoms with E-state index in [1.807, 2.05) is 24.3 Å². The monoisotopic (exact) mass is 294 g/mol. The van der Waals surface area contributed by atoms with Crippen LogP contribution in [-0.4, -0.2) is 35.8 Å². The molecule has 2 N–H and O–H groups in total. The number of aromatic amines is 1. The van der Waals surface area contributed by atoms with Crippen LogP contribution in [0.2, 0.25) is 0 Å². The maximum absolute atomic E-state index is 12.3. The minimum atomic E-state index is -3.52. The van der Waals surface area contributed by atoms with Crippen LogP contribution in [-0.2, 0) is 10.2 Å². The second kappa shape index (κ2) is 5.41. The zero-order chi connectivity index (χ0) is 14.0. The molecule has 0 bridgehead atoms. The van der Waals surface area contributed by atoms with E-state index in [1.54, 1.807) is 0 Å². The molecular formula is C13H18N4O2S. The van der Waals surface area contributed by atoms with Crippen LogP contribution in [0.5, 0.6) is 0 Å². The van der Waals surface area contributed by atoms with Crippen LogP contribution in [0.1, 0.15) is 25.7 Å². The average molecular weight is 294 g/mol. The fraction of sp³-hybridized carbons (Fsp3) is 0.462. The number of hydrogen-bond donors (Lipinski definition) is 2. The van der Waals surface area contributed by atoms with Crippen molar-refractivity contribution in [2.75, 3.05) is 17.8 Å². The number of nitrogens with one attached hydrogen (secondary N) is 2. The molecule has 20 heavy (non-hydrogen) atoms. The van der Waals surface area contributed by atoms with Crippen LogP contribution in [0, 0.1) is 0 Å². The highest BCUT2D eigenvalue weighted by molar-refractivity contribution is 7.90. The third-order valence-corrected chi connectivity index (χ3v) is 5.02. The lowest BCUT2D eigenvalue weighted by Crippen LogP contribution is -2.36. The number of para-hydroxylation sites is 2. The van der Waals surface area contributed by atoms with Gasteiger partial charge in [0.25, 0.3) is 0 Å². The number of hydrogen-bond acceptors (Lipinski definition) is 3. The molecule has 1 saturated heterocycles. The first kappa shape index (κ1) is 13.4. The number of fused-ring (bicyclic) bond motifs is 1. The summed E-state index contributed by atoms with van der Waals surface area (Å²) in [4.78, 5) is 7.22. The lowest BCUT2D eigenvalue weighted by atomic mass is 10.2. The van der Waals surface area contributed by atoms with Crippen molar-refractivity contribution in [3.63, 3.8) is 0 Å². The van der Waals surface area contributed by atoms with Gasteiger partial charge in [0.2, 0.25) is 5.95 Å². The number of benzene rings is 1. The average Bonchev–Trinajstić information content (AvgIpc) is 2.63. The SMILES string of the molecule is O=S(=O)(Nc1nc2ccccc2[nH]1)N1CCCCCC1. The number of H-pyrrole nitrogens is 1. The molecule has 2 heterocycles. The van der Waals surface area contributed by atoms with Crippen LogP contribution in [0.4, 0.5) is 5.95 Å². The molecule has 0 radical (unpaired) electrons. The van der Waals surface area contributed by atoms with Gasteiger partial charge >= 0.3 is 10.2 Å². The Labute approximate surface area is 118 Å². The largest absolute Gasteiger partial charge is 0.323 e. The molecule has 1 aromatic heterocycles. The summed E-state index contributed by atoms with van der Waals surface area (Å²) in [5.74, 6) is 0.274. The molecule has 0 unspecified atom stereocenters. The second-order valence-corrected chi connectivity index (χ2v) is 6.69. The topological polar surface area (TPSA) is 78.1 Å². The second-order valence-electron chi connectivity index (χ2n) is 5.02. The molecule has 0 spiro atoms. The van der Waals surface area contributed by atoms with Crippen molar-refractivity contribution in [1.29, 1.82) is 0 Å². The van der Waals surface area contributed by atoms with Gasteiger partial charge in [-0.1, -0.05) is 25.0 Å². The van der Waals surface area contributed by atoms with Crippen molar-refractivity contribution in [2.45, 2.75) is 25.7 Å². The molecule has 3 rings (SSSR count). The summed E-state index contributed by atoms with van der Waals surface area (Å²) in [6.45, 7) is 1.16. The van der Waals surface area contributed by atoms with E-state index in [4.69, 9.17) is 0 Å². The van der Waals surface area contributed by atoms with Gasteiger partial charge in [0, 0.05) is 13.1 Å². The fourth-order valence-electron chi connectivity index (χ4n) is 2.47. The Morgan fingerprint density at radius 2 is 1.80 bits per heavy atom. The van der Waals surface area contributed by atoms with Gasteiger partial charge in [-0.25, -0.2) is 9.71 Å². The Morgan fingerprint density at radius 1 is 1.10 bits per heavy atom. The molecule has 2 aromatic rings. The first-order valence-electron chi connectivity index (χ1n) is 6.88. The number of anilines is 1. The minimum Gasteiger partial charge on any atom is -0.323 e. The predicted molar refractivity (Wildman–Crippen MR) is 78.7 cm³/mol. The van der Waals surface area contributed by atoms with Gasteiger partial charge in [0.05, 0.1) is 11.0 Å². The normalized spacial score (nSPS) is 18.0. The van der Waals surface area contributed by atoms with Gasteiger partial charge < -0.3 is 4.98 Å². The van der Waals surface area contributed by atoms with Crippen molar-refractivity contribution in [1.82, 2.24) is 14.3 Å². The summed E-state index contributed by atoms with van der Waals surface area (Å²) in [6, 6.07) is 7.46. The smallest absolute Gasteiger partial charge is 0.303 e. The Hall–Kier alpha value is -1.60. The highest BCUT2D eigenvalue weighted by Crippen LogP contribution is 2.17. The van der Waals surface area contributed by atoms with Crippen LogP contribution in [0.25, 0.3) is 11.0 Å². The summed E-state index contributed by atoms with van der Waals surface area (Å²) in [5.41, 5.74) is 1.57. The molecule has 1 fully saturated rings. The molecule has 0 atom stereocenters. The van der Waals surface area contributed by atoms with Gasteiger partial charge in [-0.15, -0.1) is 0 Å². The van der Waals surface area contributed by atoms with Crippen molar-refractivity contribution < 1.29 is 8.42 Å². The summed E-state index contributed by atoms with van der Waals surface area (Å²) < 4.78 is 28.7. The standard InChI is InChI=1S/C13H18N4O2S/c18-20(19,17-9-5-1-2-6-10-17)16-13-14-11-7-3-4-8-12(11)15-13/h3-4,7-8H,1-2,5-6,9-10H2,(H2,14,15,16). The van der Waals surface area contributed by atoms with Crippen molar-refractivity contribution in [2.24, 2.45) is 0 Å². The van der Waals surface area contributed by atoms with Crippen molar-refractivity contribution in [3.05, 3.63) is 24.3 Å². The fourth-order valence-corrected chi connectivity index (χ4v) is 3.68. The Kier molecular flexibility index (Phi) is 3.62. The van der Waals surface area contributed by atoms with E-state index in [0.29, 0.717) is 13.1 Å². The quantitative estimate of drug-likeness (QED) is 0.910. The molecule has 0 aliphatic carbocycles. The van der Waals surface area contributed by atoms with E-state index in [1.165, 1.54) is 4.31 Å². The van der Waals surface area contributed by atoms with Gasteiger partial charge in [0.1, 0.15) is 0 Å². The minimum absolute atomic E-state index is 0.274. The summed E-state index contributed by atoms with van der Waals surface area (Å²) in [5, 5.41) is 0. The predicted octanol–water partition coefficient (Wildman–Crippen LogP) is 2.10. The molecule has 7 heteroatoms.